The first kappa shape index (κ1) is 22.9. The lowest BCUT2D eigenvalue weighted by molar-refractivity contribution is -0.121. The van der Waals surface area contributed by atoms with Gasteiger partial charge >= 0.3 is 0 Å². The van der Waals surface area contributed by atoms with Crippen LogP contribution < -0.4 is 10.6 Å². The van der Waals surface area contributed by atoms with Crippen molar-refractivity contribution in [1.29, 1.82) is 0 Å². The van der Waals surface area contributed by atoms with E-state index in [1.54, 1.807) is 0 Å². The quantitative estimate of drug-likeness (QED) is 0.788. The molecule has 0 aliphatic carbocycles. The Hall–Kier alpha value is -2.37. The average Bonchev–Trinajstić information content (AvgIpc) is 2.76. The van der Waals surface area contributed by atoms with Crippen LogP contribution in [-0.2, 0) is 4.79 Å². The summed E-state index contributed by atoms with van der Waals surface area (Å²) < 4.78 is 0. The molecule has 2 amide bonds. The summed E-state index contributed by atoms with van der Waals surface area (Å²) in [4.78, 5) is 27.1. The monoisotopic (exact) mass is 415 g/mol. The number of rotatable bonds is 2. The molecular weight excluding hydrogens is 386 g/mol. The zero-order valence-electron chi connectivity index (χ0n) is 16.7. The SMILES string of the molecule is Cl.O=C1CC(c2ccccc2)NCCCN(C(=O)c2ccccc2)CCCCN1. The van der Waals surface area contributed by atoms with Crippen molar-refractivity contribution in [2.24, 2.45) is 0 Å². The van der Waals surface area contributed by atoms with Crippen molar-refractivity contribution in [3.63, 3.8) is 0 Å². The fraction of sp³-hybridized carbons (Fsp3) is 0.391. The fourth-order valence-electron chi connectivity index (χ4n) is 3.53. The van der Waals surface area contributed by atoms with Crippen LogP contribution in [0.15, 0.2) is 60.7 Å². The van der Waals surface area contributed by atoms with E-state index < -0.39 is 0 Å². The van der Waals surface area contributed by atoms with Crippen LogP contribution in [0.5, 0.6) is 0 Å². The number of carbonyl (C=O) groups is 2. The van der Waals surface area contributed by atoms with Crippen molar-refractivity contribution in [3.8, 4) is 0 Å². The van der Waals surface area contributed by atoms with Crippen LogP contribution in [0.25, 0.3) is 0 Å². The minimum Gasteiger partial charge on any atom is -0.356 e. The molecule has 0 aromatic heterocycles. The predicted molar refractivity (Wildman–Crippen MR) is 118 cm³/mol. The van der Waals surface area contributed by atoms with Gasteiger partial charge in [-0.15, -0.1) is 12.4 Å². The van der Waals surface area contributed by atoms with Gasteiger partial charge in [0.1, 0.15) is 0 Å². The summed E-state index contributed by atoms with van der Waals surface area (Å²) in [6.45, 7) is 2.83. The third-order valence-electron chi connectivity index (χ3n) is 5.07. The molecule has 29 heavy (non-hydrogen) atoms. The Balaban J connectivity index is 0.00000300. The van der Waals surface area contributed by atoms with Crippen molar-refractivity contribution >= 4 is 24.2 Å². The van der Waals surface area contributed by atoms with Crippen molar-refractivity contribution in [2.75, 3.05) is 26.2 Å². The molecule has 5 nitrogen and oxygen atoms in total. The van der Waals surface area contributed by atoms with Crippen molar-refractivity contribution < 1.29 is 9.59 Å². The molecule has 0 saturated carbocycles. The summed E-state index contributed by atoms with van der Waals surface area (Å²) in [5.41, 5.74) is 1.85. The number of nitrogens with one attached hydrogen (secondary N) is 2. The Morgan fingerprint density at radius 3 is 2.24 bits per heavy atom. The summed E-state index contributed by atoms with van der Waals surface area (Å²) in [5, 5.41) is 6.52. The smallest absolute Gasteiger partial charge is 0.253 e. The zero-order chi connectivity index (χ0) is 19.6. The third-order valence-corrected chi connectivity index (χ3v) is 5.07. The van der Waals surface area contributed by atoms with Crippen LogP contribution in [0.1, 0.15) is 47.6 Å². The number of nitrogens with zero attached hydrogens (tertiary/aromatic N) is 1. The standard InChI is InChI=1S/C23H29N3O2.ClH/c27-22-18-21(19-10-3-1-4-11-19)24-15-9-17-26(16-8-7-14-25-22)23(28)20-12-5-2-6-13-20;/h1-6,10-13,21,24H,7-9,14-18H2,(H,25,27);1H. The Labute approximate surface area is 179 Å². The van der Waals surface area contributed by atoms with E-state index in [9.17, 15) is 9.59 Å². The van der Waals surface area contributed by atoms with Gasteiger partial charge in [-0.3, -0.25) is 9.59 Å². The Morgan fingerprint density at radius 1 is 0.862 bits per heavy atom. The van der Waals surface area contributed by atoms with E-state index in [4.69, 9.17) is 0 Å². The minimum absolute atomic E-state index is 0. The van der Waals surface area contributed by atoms with Crippen molar-refractivity contribution in [2.45, 2.75) is 31.7 Å². The molecule has 1 fully saturated rings. The first-order valence-electron chi connectivity index (χ1n) is 10.1. The summed E-state index contributed by atoms with van der Waals surface area (Å²) in [7, 11) is 0. The molecule has 0 bridgehead atoms. The van der Waals surface area contributed by atoms with Gasteiger partial charge in [0, 0.05) is 37.7 Å². The fourth-order valence-corrected chi connectivity index (χ4v) is 3.53. The van der Waals surface area contributed by atoms with E-state index in [-0.39, 0.29) is 30.3 Å². The highest BCUT2D eigenvalue weighted by atomic mass is 35.5. The Morgan fingerprint density at radius 2 is 1.52 bits per heavy atom. The molecule has 2 N–H and O–H groups in total. The van der Waals surface area contributed by atoms with Gasteiger partial charge < -0.3 is 15.5 Å². The van der Waals surface area contributed by atoms with Crippen LogP contribution in [0.3, 0.4) is 0 Å². The van der Waals surface area contributed by atoms with Crippen molar-refractivity contribution in [3.05, 3.63) is 71.8 Å². The van der Waals surface area contributed by atoms with Crippen LogP contribution in [0, 0.1) is 0 Å². The van der Waals surface area contributed by atoms with E-state index in [1.165, 1.54) is 0 Å². The van der Waals surface area contributed by atoms with E-state index in [2.05, 4.69) is 10.6 Å². The highest BCUT2D eigenvalue weighted by Gasteiger charge is 2.18. The van der Waals surface area contributed by atoms with E-state index in [0.29, 0.717) is 26.1 Å². The molecule has 2 aromatic carbocycles. The molecule has 0 radical (unpaired) electrons. The number of hydrogen-bond donors (Lipinski definition) is 2. The summed E-state index contributed by atoms with van der Waals surface area (Å²) in [5.74, 6) is 0.150. The van der Waals surface area contributed by atoms with E-state index >= 15 is 0 Å². The predicted octanol–water partition coefficient (Wildman–Crippen LogP) is 3.57. The lowest BCUT2D eigenvalue weighted by Crippen LogP contribution is -2.35. The summed E-state index contributed by atoms with van der Waals surface area (Å²) in [6.07, 6.45) is 3.03. The average molecular weight is 416 g/mol. The van der Waals surface area contributed by atoms with Crippen LogP contribution >= 0.6 is 12.4 Å². The second kappa shape index (κ2) is 12.2. The molecule has 0 spiro atoms. The first-order valence-corrected chi connectivity index (χ1v) is 10.1. The maximum atomic E-state index is 12.9. The molecule has 1 atom stereocenters. The first-order chi connectivity index (χ1) is 13.7. The second-order valence-electron chi connectivity index (χ2n) is 7.19. The van der Waals surface area contributed by atoms with Crippen LogP contribution in [-0.4, -0.2) is 42.9 Å². The number of carbonyl (C=O) groups excluding carboxylic acids is 2. The highest BCUT2D eigenvalue weighted by Crippen LogP contribution is 2.17. The van der Waals surface area contributed by atoms with Gasteiger partial charge in [0.2, 0.25) is 5.91 Å². The maximum Gasteiger partial charge on any atom is 0.253 e. The van der Waals surface area contributed by atoms with E-state index in [0.717, 1.165) is 36.9 Å². The normalized spacial score (nSPS) is 19.0. The molecule has 1 heterocycles. The molecule has 1 aliphatic heterocycles. The number of halogens is 1. The summed E-state index contributed by atoms with van der Waals surface area (Å²) >= 11 is 0. The number of hydrogen-bond acceptors (Lipinski definition) is 3. The molecular formula is C23H30ClN3O2. The molecule has 1 unspecified atom stereocenters. The molecule has 156 valence electrons. The summed E-state index contributed by atoms with van der Waals surface area (Å²) in [6, 6.07) is 19.5. The molecule has 3 rings (SSSR count). The molecule has 2 aromatic rings. The largest absolute Gasteiger partial charge is 0.356 e. The Bertz CT molecular complexity index is 755. The van der Waals surface area contributed by atoms with Crippen LogP contribution in [0.2, 0.25) is 0 Å². The van der Waals surface area contributed by atoms with Crippen molar-refractivity contribution in [1.82, 2.24) is 15.5 Å². The Kier molecular flexibility index (Phi) is 9.68. The lowest BCUT2D eigenvalue weighted by Gasteiger charge is -2.23. The van der Waals surface area contributed by atoms with Crippen LogP contribution in [0.4, 0.5) is 0 Å². The lowest BCUT2D eigenvalue weighted by atomic mass is 10.0. The third kappa shape index (κ3) is 7.18. The van der Waals surface area contributed by atoms with Gasteiger partial charge in [-0.25, -0.2) is 0 Å². The van der Waals surface area contributed by atoms with Gasteiger partial charge in [0.15, 0.2) is 0 Å². The van der Waals surface area contributed by atoms with Gasteiger partial charge in [-0.2, -0.15) is 0 Å². The number of amides is 2. The minimum atomic E-state index is -0.0137. The molecule has 1 saturated heterocycles. The highest BCUT2D eigenvalue weighted by molar-refractivity contribution is 5.94. The zero-order valence-corrected chi connectivity index (χ0v) is 17.5. The topological polar surface area (TPSA) is 61.4 Å². The van der Waals surface area contributed by atoms with E-state index in [1.807, 2.05) is 65.6 Å². The van der Waals surface area contributed by atoms with Gasteiger partial charge in [-0.05, 0) is 43.5 Å². The van der Waals surface area contributed by atoms with Gasteiger partial charge in [-0.1, -0.05) is 48.5 Å². The van der Waals surface area contributed by atoms with Gasteiger partial charge in [0.25, 0.3) is 5.91 Å². The molecule has 6 heteroatoms. The second-order valence-corrected chi connectivity index (χ2v) is 7.19. The molecule has 1 aliphatic rings. The number of benzene rings is 2. The maximum absolute atomic E-state index is 12.9. The van der Waals surface area contributed by atoms with Gasteiger partial charge in [0.05, 0.1) is 0 Å².